The zero-order valence-corrected chi connectivity index (χ0v) is 13.1. The van der Waals surface area contributed by atoms with Crippen molar-refractivity contribution < 1.29 is 30.7 Å². The van der Waals surface area contributed by atoms with E-state index in [0.29, 0.717) is 5.56 Å². The molecule has 0 aliphatic rings. The lowest BCUT2D eigenvalue weighted by Crippen LogP contribution is -2.14. The van der Waals surface area contributed by atoms with Crippen molar-refractivity contribution >= 4 is 0 Å². The second kappa shape index (κ2) is 6.60. The van der Waals surface area contributed by atoms with Crippen molar-refractivity contribution in [3.63, 3.8) is 0 Å². The van der Waals surface area contributed by atoms with Crippen molar-refractivity contribution in [1.29, 1.82) is 0 Å². The molecule has 0 radical (unpaired) electrons. The molecule has 0 aliphatic heterocycles. The van der Waals surface area contributed by atoms with Gasteiger partial charge in [0.15, 0.2) is 11.6 Å². The van der Waals surface area contributed by atoms with E-state index < -0.39 is 40.7 Å². The summed E-state index contributed by atoms with van der Waals surface area (Å²) in [5.41, 5.74) is -4.02. The van der Waals surface area contributed by atoms with Crippen molar-refractivity contribution in [3.05, 3.63) is 65.7 Å². The first-order valence-corrected chi connectivity index (χ1v) is 7.30. The maximum absolute atomic E-state index is 13.6. The van der Waals surface area contributed by atoms with Crippen LogP contribution in [0.5, 0.6) is 0 Å². The van der Waals surface area contributed by atoms with Gasteiger partial charge in [-0.05, 0) is 12.1 Å². The third-order valence-corrected chi connectivity index (χ3v) is 3.56. The lowest BCUT2D eigenvalue weighted by atomic mass is 10.0. The summed E-state index contributed by atoms with van der Waals surface area (Å²) in [6.45, 7) is 0. The van der Waals surface area contributed by atoms with Gasteiger partial charge in [0, 0.05) is 11.1 Å². The molecule has 0 bridgehead atoms. The standard InChI is InChI=1S/C17H8F7N3/c18-13-7-11(16(19,20)21)10(6-12(13)17(22,23)24)15-26-8-25-14(27-15)9-4-2-1-3-5-9/h1-8H. The van der Waals surface area contributed by atoms with E-state index in [1.807, 2.05) is 0 Å². The van der Waals surface area contributed by atoms with Crippen LogP contribution >= 0.6 is 0 Å². The third kappa shape index (κ3) is 3.88. The quantitative estimate of drug-likeness (QED) is 0.554. The highest BCUT2D eigenvalue weighted by atomic mass is 19.4. The Morgan fingerprint density at radius 3 is 1.89 bits per heavy atom. The van der Waals surface area contributed by atoms with Crippen LogP contribution in [0.15, 0.2) is 48.8 Å². The van der Waals surface area contributed by atoms with Gasteiger partial charge in [-0.25, -0.2) is 19.3 Å². The van der Waals surface area contributed by atoms with Gasteiger partial charge < -0.3 is 0 Å². The Bertz CT molecular complexity index is 966. The van der Waals surface area contributed by atoms with Gasteiger partial charge in [0.25, 0.3) is 0 Å². The van der Waals surface area contributed by atoms with E-state index in [4.69, 9.17) is 0 Å². The van der Waals surface area contributed by atoms with Gasteiger partial charge >= 0.3 is 12.4 Å². The molecule has 0 atom stereocenters. The molecule has 0 fully saturated rings. The summed E-state index contributed by atoms with van der Waals surface area (Å²) in [5, 5.41) is 0. The Hall–Kier alpha value is -3.04. The summed E-state index contributed by atoms with van der Waals surface area (Å²) in [7, 11) is 0. The van der Waals surface area contributed by atoms with Gasteiger partial charge in [-0.3, -0.25) is 0 Å². The second-order valence-corrected chi connectivity index (χ2v) is 5.37. The van der Waals surface area contributed by atoms with E-state index in [0.717, 1.165) is 6.33 Å². The van der Waals surface area contributed by atoms with Crippen LogP contribution in [0.1, 0.15) is 11.1 Å². The maximum Gasteiger partial charge on any atom is 0.419 e. The Kier molecular flexibility index (Phi) is 4.58. The number of halogens is 7. The molecular weight excluding hydrogens is 379 g/mol. The zero-order chi connectivity index (χ0) is 19.8. The van der Waals surface area contributed by atoms with Crippen molar-refractivity contribution in [1.82, 2.24) is 15.0 Å². The van der Waals surface area contributed by atoms with E-state index in [9.17, 15) is 30.7 Å². The van der Waals surface area contributed by atoms with Crippen LogP contribution < -0.4 is 0 Å². The molecule has 0 saturated carbocycles. The van der Waals surface area contributed by atoms with Crippen molar-refractivity contribution in [2.75, 3.05) is 0 Å². The van der Waals surface area contributed by atoms with Gasteiger partial charge in [-0.2, -0.15) is 26.3 Å². The van der Waals surface area contributed by atoms with Gasteiger partial charge in [0.05, 0.1) is 11.1 Å². The first kappa shape index (κ1) is 18.7. The Morgan fingerprint density at radius 1 is 0.704 bits per heavy atom. The monoisotopic (exact) mass is 387 g/mol. The molecule has 3 nitrogen and oxygen atoms in total. The Morgan fingerprint density at radius 2 is 1.30 bits per heavy atom. The number of hydrogen-bond donors (Lipinski definition) is 0. The molecule has 1 heterocycles. The maximum atomic E-state index is 13.6. The summed E-state index contributed by atoms with van der Waals surface area (Å²) >= 11 is 0. The minimum Gasteiger partial charge on any atom is -0.217 e. The van der Waals surface area contributed by atoms with Crippen LogP contribution in [0.4, 0.5) is 30.7 Å². The van der Waals surface area contributed by atoms with Crippen LogP contribution in [-0.2, 0) is 12.4 Å². The number of rotatable bonds is 2. The molecule has 140 valence electrons. The first-order valence-electron chi connectivity index (χ1n) is 7.30. The van der Waals surface area contributed by atoms with E-state index in [1.54, 1.807) is 30.3 Å². The zero-order valence-electron chi connectivity index (χ0n) is 13.1. The predicted molar refractivity (Wildman–Crippen MR) is 80.7 cm³/mol. The molecule has 27 heavy (non-hydrogen) atoms. The molecule has 0 unspecified atom stereocenters. The SMILES string of the molecule is Fc1cc(C(F)(F)F)c(-c2ncnc(-c3ccccc3)n2)cc1C(F)(F)F. The highest BCUT2D eigenvalue weighted by Gasteiger charge is 2.40. The lowest BCUT2D eigenvalue weighted by Gasteiger charge is -2.16. The molecule has 10 heteroatoms. The molecule has 0 aliphatic carbocycles. The van der Waals surface area contributed by atoms with Gasteiger partial charge in [-0.15, -0.1) is 0 Å². The molecule has 3 rings (SSSR count). The fourth-order valence-corrected chi connectivity index (χ4v) is 2.36. The number of benzene rings is 2. The van der Waals surface area contributed by atoms with Crippen LogP contribution in [0, 0.1) is 5.82 Å². The second-order valence-electron chi connectivity index (χ2n) is 5.37. The average Bonchev–Trinajstić information content (AvgIpc) is 2.60. The summed E-state index contributed by atoms with van der Waals surface area (Å²) in [4.78, 5) is 11.2. The third-order valence-electron chi connectivity index (χ3n) is 3.56. The summed E-state index contributed by atoms with van der Waals surface area (Å²) < 4.78 is 92.2. The molecule has 0 saturated heterocycles. The van der Waals surface area contributed by atoms with E-state index in [-0.39, 0.29) is 18.0 Å². The Labute approximate surface area is 147 Å². The van der Waals surface area contributed by atoms with E-state index in [2.05, 4.69) is 15.0 Å². The van der Waals surface area contributed by atoms with Crippen LogP contribution in [-0.4, -0.2) is 15.0 Å². The molecule has 1 aromatic heterocycles. The lowest BCUT2D eigenvalue weighted by molar-refractivity contribution is -0.143. The van der Waals surface area contributed by atoms with E-state index >= 15 is 0 Å². The molecule has 0 N–H and O–H groups in total. The van der Waals surface area contributed by atoms with Gasteiger partial charge in [-0.1, -0.05) is 30.3 Å². The molecule has 3 aromatic rings. The largest absolute Gasteiger partial charge is 0.419 e. The van der Waals surface area contributed by atoms with Crippen molar-refractivity contribution in [2.45, 2.75) is 12.4 Å². The molecule has 0 amide bonds. The molecule has 2 aromatic carbocycles. The summed E-state index contributed by atoms with van der Waals surface area (Å²) in [6.07, 6.45) is -9.42. The Balaban J connectivity index is 2.24. The molecular formula is C17H8F7N3. The smallest absolute Gasteiger partial charge is 0.217 e. The minimum atomic E-state index is -5.18. The minimum absolute atomic E-state index is 0.0355. The average molecular weight is 387 g/mol. The van der Waals surface area contributed by atoms with E-state index in [1.165, 1.54) is 0 Å². The molecule has 0 spiro atoms. The van der Waals surface area contributed by atoms with Crippen molar-refractivity contribution in [2.24, 2.45) is 0 Å². The first-order chi connectivity index (χ1) is 12.6. The van der Waals surface area contributed by atoms with Crippen LogP contribution in [0.25, 0.3) is 22.8 Å². The summed E-state index contributed by atoms with van der Waals surface area (Å²) in [6, 6.07) is 7.92. The highest BCUT2D eigenvalue weighted by Crippen LogP contribution is 2.41. The number of hydrogen-bond acceptors (Lipinski definition) is 3. The van der Waals surface area contributed by atoms with Crippen LogP contribution in [0.3, 0.4) is 0 Å². The normalized spacial score (nSPS) is 12.3. The fourth-order valence-electron chi connectivity index (χ4n) is 2.36. The predicted octanol–water partition coefficient (Wildman–Crippen LogP) is 5.38. The fraction of sp³-hybridized carbons (Fsp3) is 0.118. The van der Waals surface area contributed by atoms with Crippen LogP contribution in [0.2, 0.25) is 0 Å². The van der Waals surface area contributed by atoms with Gasteiger partial charge in [0.2, 0.25) is 0 Å². The highest BCUT2D eigenvalue weighted by molar-refractivity contribution is 5.65. The van der Waals surface area contributed by atoms with Crippen molar-refractivity contribution in [3.8, 4) is 22.8 Å². The summed E-state index contributed by atoms with van der Waals surface area (Å²) in [5.74, 6) is -2.72. The van der Waals surface area contributed by atoms with Gasteiger partial charge in [0.1, 0.15) is 12.1 Å². The number of nitrogens with zero attached hydrogens (tertiary/aromatic N) is 3. The number of alkyl halides is 6. The number of aromatic nitrogens is 3. The topological polar surface area (TPSA) is 38.7 Å².